The maximum atomic E-state index is 11.3. The van der Waals surface area contributed by atoms with Crippen LogP contribution in [0.2, 0.25) is 0 Å². The number of carboxylic acids is 2. The van der Waals surface area contributed by atoms with E-state index >= 15 is 0 Å². The summed E-state index contributed by atoms with van der Waals surface area (Å²) in [7, 11) is -5.27. The Kier molecular flexibility index (Phi) is 13.5. The first kappa shape index (κ1) is 25.7. The van der Waals surface area contributed by atoms with E-state index in [0.29, 0.717) is 0 Å². The molecule has 0 spiro atoms. The fourth-order valence-electron chi connectivity index (χ4n) is 1.76. The first-order chi connectivity index (χ1) is 8.15. The molecule has 20 heavy (non-hydrogen) atoms. The molecule has 0 amide bonds. The molecule has 12 heteroatoms. The van der Waals surface area contributed by atoms with Gasteiger partial charge in [0.1, 0.15) is 4.75 Å². The van der Waals surface area contributed by atoms with Crippen molar-refractivity contribution in [1.82, 2.24) is 0 Å². The predicted molar refractivity (Wildman–Crippen MR) is 55.1 cm³/mol. The Morgan fingerprint density at radius 3 is 1.80 bits per heavy atom. The van der Waals surface area contributed by atoms with Crippen LogP contribution in [0, 0.1) is 5.92 Å². The SMILES string of the molecule is NCCC(C(=O)[O-])C(CCN)(C(=O)[O-])S(=O)(=O)O.[Na+].[Na+]. The molecule has 0 saturated heterocycles. The smallest absolute Gasteiger partial charge is 0.550 e. The summed E-state index contributed by atoms with van der Waals surface area (Å²) in [4.78, 5) is 21.9. The molecule has 0 radical (unpaired) electrons. The van der Waals surface area contributed by atoms with Crippen molar-refractivity contribution in [2.24, 2.45) is 17.4 Å². The molecule has 106 valence electrons. The van der Waals surface area contributed by atoms with Crippen molar-refractivity contribution in [2.45, 2.75) is 17.6 Å². The summed E-state index contributed by atoms with van der Waals surface area (Å²) in [6.45, 7) is -0.796. The number of hydrogen-bond acceptors (Lipinski definition) is 8. The fourth-order valence-corrected chi connectivity index (χ4v) is 2.92. The topological polar surface area (TPSA) is 187 Å². The van der Waals surface area contributed by atoms with Gasteiger partial charge in [0, 0.05) is 11.9 Å². The number of carbonyl (C=O) groups is 2. The Balaban J connectivity index is -0.00000144. The minimum atomic E-state index is -5.27. The van der Waals surface area contributed by atoms with Crippen molar-refractivity contribution >= 4 is 22.1 Å². The molecule has 0 aliphatic heterocycles. The first-order valence-electron chi connectivity index (χ1n) is 4.94. The zero-order chi connectivity index (χ0) is 14.6. The minimum Gasteiger partial charge on any atom is -0.550 e. The van der Waals surface area contributed by atoms with Crippen LogP contribution in [-0.4, -0.2) is 42.7 Å². The summed E-state index contributed by atoms with van der Waals surface area (Å²) in [5.74, 6) is -6.26. The monoisotopic (exact) mass is 328 g/mol. The number of hydrogen-bond donors (Lipinski definition) is 3. The van der Waals surface area contributed by atoms with Crippen LogP contribution in [0.1, 0.15) is 12.8 Å². The number of aliphatic carboxylic acids is 2. The minimum absolute atomic E-state index is 0. The Bertz CT molecular complexity index is 431. The third-order valence-corrected chi connectivity index (χ3v) is 4.20. The summed E-state index contributed by atoms with van der Waals surface area (Å²) >= 11 is 0. The van der Waals surface area contributed by atoms with Crippen LogP contribution in [0.4, 0.5) is 0 Å². The van der Waals surface area contributed by atoms with Gasteiger partial charge >= 0.3 is 59.1 Å². The molecule has 0 aromatic rings. The molecule has 2 unspecified atom stereocenters. The van der Waals surface area contributed by atoms with E-state index in [1.54, 1.807) is 0 Å². The Hall–Kier alpha value is 0.770. The van der Waals surface area contributed by atoms with Crippen LogP contribution in [0.15, 0.2) is 0 Å². The van der Waals surface area contributed by atoms with Gasteiger partial charge in [-0.2, -0.15) is 8.42 Å². The van der Waals surface area contributed by atoms with Crippen LogP contribution < -0.4 is 80.8 Å². The van der Waals surface area contributed by atoms with Gasteiger partial charge in [0.25, 0.3) is 10.1 Å². The van der Waals surface area contributed by atoms with Crippen molar-refractivity contribution in [2.75, 3.05) is 13.1 Å². The molecular weight excluding hydrogens is 314 g/mol. The molecular formula is C8H14N2Na2O7S. The van der Waals surface area contributed by atoms with Gasteiger partial charge in [-0.3, -0.25) is 4.55 Å². The standard InChI is InChI=1S/C8H16N2O7S.2Na/c9-3-1-5(6(11)12)8(2-4-10,7(13)14)18(15,16)17;;/h5H,1-4,9-10H2,(H,11,12)(H,13,14)(H,15,16,17);;/q;2*+1/p-2. The molecule has 2 atom stereocenters. The maximum Gasteiger partial charge on any atom is 1.00 e. The second kappa shape index (κ2) is 10.5. The molecule has 0 bridgehead atoms. The van der Waals surface area contributed by atoms with Gasteiger partial charge < -0.3 is 31.3 Å². The molecule has 0 heterocycles. The molecule has 0 aliphatic rings. The van der Waals surface area contributed by atoms with E-state index in [1.165, 1.54) is 0 Å². The van der Waals surface area contributed by atoms with Gasteiger partial charge in [-0.25, -0.2) is 0 Å². The number of carbonyl (C=O) groups excluding carboxylic acids is 2. The van der Waals surface area contributed by atoms with E-state index < -0.39 is 52.1 Å². The predicted octanol–water partition coefficient (Wildman–Crippen LogP) is -10.6. The number of rotatable bonds is 8. The quantitative estimate of drug-likeness (QED) is 0.287. The van der Waals surface area contributed by atoms with E-state index in [1.807, 2.05) is 0 Å². The molecule has 0 aromatic carbocycles. The van der Waals surface area contributed by atoms with Gasteiger partial charge in [0.05, 0.1) is 5.97 Å². The van der Waals surface area contributed by atoms with Crippen molar-refractivity contribution in [3.05, 3.63) is 0 Å². The van der Waals surface area contributed by atoms with Crippen molar-refractivity contribution in [3.8, 4) is 0 Å². The van der Waals surface area contributed by atoms with Gasteiger partial charge in [0.15, 0.2) is 0 Å². The fraction of sp³-hybridized carbons (Fsp3) is 0.750. The zero-order valence-corrected chi connectivity index (χ0v) is 16.2. The Morgan fingerprint density at radius 2 is 1.60 bits per heavy atom. The molecule has 5 N–H and O–H groups in total. The summed E-state index contributed by atoms with van der Waals surface area (Å²) in [6, 6.07) is 0. The van der Waals surface area contributed by atoms with Gasteiger partial charge in [-0.05, 0) is 25.9 Å². The molecule has 9 nitrogen and oxygen atoms in total. The first-order valence-corrected chi connectivity index (χ1v) is 6.38. The van der Waals surface area contributed by atoms with Gasteiger partial charge in [-0.1, -0.05) is 0 Å². The second-order valence-electron chi connectivity index (χ2n) is 3.64. The summed E-state index contributed by atoms with van der Waals surface area (Å²) in [5, 5.41) is 21.9. The van der Waals surface area contributed by atoms with E-state index in [4.69, 9.17) is 16.0 Å². The van der Waals surface area contributed by atoms with Crippen molar-refractivity contribution in [1.29, 1.82) is 0 Å². The molecule has 0 aliphatic carbocycles. The molecule has 0 saturated carbocycles. The van der Waals surface area contributed by atoms with Crippen molar-refractivity contribution < 1.29 is 91.9 Å². The van der Waals surface area contributed by atoms with Gasteiger partial charge in [-0.15, -0.1) is 0 Å². The average Bonchev–Trinajstić information content (AvgIpc) is 2.20. The van der Waals surface area contributed by atoms with E-state index in [0.717, 1.165) is 0 Å². The molecule has 0 aromatic heterocycles. The van der Waals surface area contributed by atoms with Gasteiger partial charge in [0.2, 0.25) is 0 Å². The Labute approximate surface area is 160 Å². The average molecular weight is 328 g/mol. The van der Waals surface area contributed by atoms with Crippen LogP contribution in [0.25, 0.3) is 0 Å². The van der Waals surface area contributed by atoms with Crippen LogP contribution >= 0.6 is 0 Å². The van der Waals surface area contributed by atoms with Crippen molar-refractivity contribution in [3.63, 3.8) is 0 Å². The number of nitrogens with two attached hydrogens (primary N) is 2. The largest absolute Gasteiger partial charge is 1.00 e. The third kappa shape index (κ3) is 5.52. The zero-order valence-electron chi connectivity index (χ0n) is 11.4. The maximum absolute atomic E-state index is 11.3. The molecule has 0 rings (SSSR count). The number of carboxylic acid groups (broad SMARTS) is 2. The summed E-state index contributed by atoms with van der Waals surface area (Å²) in [6.07, 6.45) is -1.34. The van der Waals surface area contributed by atoms with Crippen LogP contribution in [0.5, 0.6) is 0 Å². The van der Waals surface area contributed by atoms with E-state index in [2.05, 4.69) is 0 Å². The van der Waals surface area contributed by atoms with Crippen LogP contribution in [-0.2, 0) is 19.7 Å². The summed E-state index contributed by atoms with van der Waals surface area (Å²) < 4.78 is 28.5. The second-order valence-corrected chi connectivity index (χ2v) is 5.32. The normalized spacial score (nSPS) is 15.2. The summed E-state index contributed by atoms with van der Waals surface area (Å²) in [5.41, 5.74) is 10.2. The van der Waals surface area contributed by atoms with Crippen LogP contribution in [0.3, 0.4) is 0 Å². The molecule has 0 fully saturated rings. The Morgan fingerprint density at radius 1 is 1.15 bits per heavy atom. The third-order valence-electron chi connectivity index (χ3n) is 2.62. The van der Waals surface area contributed by atoms with E-state index in [-0.39, 0.29) is 65.7 Å². The van der Waals surface area contributed by atoms with E-state index in [9.17, 15) is 28.2 Å².